The number of aromatic nitrogens is 2. The fourth-order valence-corrected chi connectivity index (χ4v) is 3.23. The zero-order valence-electron chi connectivity index (χ0n) is 15.2. The molecule has 1 aromatic carbocycles. The van der Waals surface area contributed by atoms with Crippen LogP contribution in [0, 0.1) is 19.3 Å². The van der Waals surface area contributed by atoms with E-state index in [1.807, 2.05) is 19.1 Å². The van der Waals surface area contributed by atoms with Crippen molar-refractivity contribution in [2.45, 2.75) is 6.92 Å². The minimum Gasteiger partial charge on any atom is -0.493 e. The van der Waals surface area contributed by atoms with Crippen LogP contribution in [0.15, 0.2) is 41.2 Å². The number of ether oxygens (including phenoxy) is 2. The Kier molecular flexibility index (Phi) is 5.93. The highest BCUT2D eigenvalue weighted by Gasteiger charge is 2.13. The van der Waals surface area contributed by atoms with Crippen LogP contribution >= 0.6 is 23.2 Å². The molecule has 0 aliphatic carbocycles. The van der Waals surface area contributed by atoms with Crippen LogP contribution in [-0.4, -0.2) is 23.1 Å². The third kappa shape index (κ3) is 3.99. The lowest BCUT2D eigenvalue weighted by atomic mass is 10.1. The van der Waals surface area contributed by atoms with E-state index >= 15 is 0 Å². The number of aryl methyl sites for hydroxylation is 1. The summed E-state index contributed by atoms with van der Waals surface area (Å²) in [6, 6.07) is 10.2. The van der Waals surface area contributed by atoms with Gasteiger partial charge in [0.1, 0.15) is 12.3 Å². The average molecular weight is 415 g/mol. The van der Waals surface area contributed by atoms with Gasteiger partial charge in [0.2, 0.25) is 0 Å². The minimum absolute atomic E-state index is 0.0659. The molecule has 0 spiro atoms. The van der Waals surface area contributed by atoms with E-state index in [0.29, 0.717) is 33.4 Å². The largest absolute Gasteiger partial charge is 0.493 e. The molecule has 2 heterocycles. The first-order valence-corrected chi connectivity index (χ1v) is 9.01. The smallest absolute Gasteiger partial charge is 0.258 e. The summed E-state index contributed by atoms with van der Waals surface area (Å²) < 4.78 is 12.3. The molecule has 28 heavy (non-hydrogen) atoms. The van der Waals surface area contributed by atoms with E-state index in [1.165, 1.54) is 17.6 Å². The molecule has 142 valence electrons. The molecule has 7 heteroatoms. The number of rotatable bonds is 5. The SMILES string of the molecule is C#CCOc1c(Cl)cc(/C=C(\Cl)c2cc(=O)n3c(C)cccc3n2)cc1OC. The van der Waals surface area contributed by atoms with Gasteiger partial charge in [-0.1, -0.05) is 35.2 Å². The predicted octanol–water partition coefficient (Wildman–Crippen LogP) is 4.41. The summed E-state index contributed by atoms with van der Waals surface area (Å²) in [5.74, 6) is 3.15. The first-order chi connectivity index (χ1) is 13.4. The van der Waals surface area contributed by atoms with Gasteiger partial charge in [0.05, 0.1) is 22.9 Å². The van der Waals surface area contributed by atoms with E-state index in [4.69, 9.17) is 39.1 Å². The summed E-state index contributed by atoms with van der Waals surface area (Å²) in [7, 11) is 1.50. The Morgan fingerprint density at radius 3 is 2.86 bits per heavy atom. The molecular weight excluding hydrogens is 399 g/mol. The quantitative estimate of drug-likeness (QED) is 0.580. The summed E-state index contributed by atoms with van der Waals surface area (Å²) in [5.41, 5.74) is 2.12. The Balaban J connectivity index is 2.04. The van der Waals surface area contributed by atoms with Crippen LogP contribution in [0.1, 0.15) is 17.0 Å². The monoisotopic (exact) mass is 414 g/mol. The zero-order valence-corrected chi connectivity index (χ0v) is 16.7. The number of hydrogen-bond donors (Lipinski definition) is 0. The highest BCUT2D eigenvalue weighted by molar-refractivity contribution is 6.51. The van der Waals surface area contributed by atoms with Gasteiger partial charge >= 0.3 is 0 Å². The fraction of sp³-hybridized carbons (Fsp3) is 0.143. The number of benzene rings is 1. The van der Waals surface area contributed by atoms with E-state index in [9.17, 15) is 4.79 Å². The maximum Gasteiger partial charge on any atom is 0.258 e. The molecule has 0 unspecified atom stereocenters. The lowest BCUT2D eigenvalue weighted by Crippen LogP contribution is -2.17. The number of methoxy groups -OCH3 is 1. The number of fused-ring (bicyclic) bond motifs is 1. The van der Waals surface area contributed by atoms with Gasteiger partial charge in [-0.3, -0.25) is 9.20 Å². The lowest BCUT2D eigenvalue weighted by Gasteiger charge is -2.12. The normalized spacial score (nSPS) is 11.3. The van der Waals surface area contributed by atoms with E-state index in [-0.39, 0.29) is 17.2 Å². The van der Waals surface area contributed by atoms with Crippen molar-refractivity contribution in [3.63, 3.8) is 0 Å². The van der Waals surface area contributed by atoms with Crippen molar-refractivity contribution in [1.82, 2.24) is 9.38 Å². The van der Waals surface area contributed by atoms with Gasteiger partial charge in [-0.05, 0) is 42.8 Å². The highest BCUT2D eigenvalue weighted by atomic mass is 35.5. The van der Waals surface area contributed by atoms with Crippen molar-refractivity contribution >= 4 is 40.0 Å². The van der Waals surface area contributed by atoms with Crippen LogP contribution in [-0.2, 0) is 0 Å². The molecule has 0 N–H and O–H groups in total. The highest BCUT2D eigenvalue weighted by Crippen LogP contribution is 2.37. The molecule has 5 nitrogen and oxygen atoms in total. The second-order valence-electron chi connectivity index (χ2n) is 5.86. The number of halogens is 2. The van der Waals surface area contributed by atoms with Gasteiger partial charge in [-0.15, -0.1) is 6.42 Å². The molecule has 3 rings (SSSR count). The third-order valence-electron chi connectivity index (χ3n) is 3.97. The summed E-state index contributed by atoms with van der Waals surface area (Å²) in [6.07, 6.45) is 6.87. The number of pyridine rings is 1. The molecule has 0 bridgehead atoms. The van der Waals surface area contributed by atoms with Gasteiger partial charge in [-0.2, -0.15) is 0 Å². The molecule has 2 aromatic heterocycles. The average Bonchev–Trinajstić information content (AvgIpc) is 2.66. The first kappa shape index (κ1) is 19.8. The van der Waals surface area contributed by atoms with Crippen LogP contribution in [0.4, 0.5) is 0 Å². The maximum absolute atomic E-state index is 12.4. The lowest BCUT2D eigenvalue weighted by molar-refractivity contribution is 0.331. The van der Waals surface area contributed by atoms with E-state index in [1.54, 1.807) is 24.3 Å². The molecule has 0 atom stereocenters. The number of nitrogens with zero attached hydrogens (tertiary/aromatic N) is 2. The topological polar surface area (TPSA) is 52.8 Å². The summed E-state index contributed by atoms with van der Waals surface area (Å²) in [6.45, 7) is 1.90. The molecule has 0 amide bonds. The van der Waals surface area contributed by atoms with Crippen molar-refractivity contribution in [3.8, 4) is 23.8 Å². The van der Waals surface area contributed by atoms with Crippen LogP contribution in [0.25, 0.3) is 16.8 Å². The van der Waals surface area contributed by atoms with Crippen molar-refractivity contribution in [1.29, 1.82) is 0 Å². The van der Waals surface area contributed by atoms with Crippen LogP contribution in [0.3, 0.4) is 0 Å². The third-order valence-corrected chi connectivity index (χ3v) is 4.55. The predicted molar refractivity (Wildman–Crippen MR) is 112 cm³/mol. The van der Waals surface area contributed by atoms with Crippen molar-refractivity contribution in [2.24, 2.45) is 0 Å². The Morgan fingerprint density at radius 2 is 2.14 bits per heavy atom. The molecular formula is C21H16Cl2N2O3. The minimum atomic E-state index is -0.210. The summed E-state index contributed by atoms with van der Waals surface area (Å²) >= 11 is 12.7. The molecule has 0 saturated heterocycles. The van der Waals surface area contributed by atoms with Gasteiger partial charge in [0.15, 0.2) is 11.5 Å². The van der Waals surface area contributed by atoms with E-state index in [2.05, 4.69) is 10.9 Å². The van der Waals surface area contributed by atoms with E-state index in [0.717, 1.165) is 5.69 Å². The van der Waals surface area contributed by atoms with Crippen molar-refractivity contribution in [3.05, 3.63) is 68.7 Å². The Hall–Kier alpha value is -2.94. The fourth-order valence-electron chi connectivity index (χ4n) is 2.73. The van der Waals surface area contributed by atoms with Gasteiger partial charge in [0.25, 0.3) is 5.56 Å². The second-order valence-corrected chi connectivity index (χ2v) is 6.67. The van der Waals surface area contributed by atoms with Crippen LogP contribution in [0.5, 0.6) is 11.5 Å². The Morgan fingerprint density at radius 1 is 1.36 bits per heavy atom. The maximum atomic E-state index is 12.4. The Labute approximate surface area is 172 Å². The molecule has 0 fully saturated rings. The van der Waals surface area contributed by atoms with Gasteiger partial charge in [0, 0.05) is 11.8 Å². The number of terminal acetylenes is 1. The van der Waals surface area contributed by atoms with Crippen LogP contribution < -0.4 is 15.0 Å². The van der Waals surface area contributed by atoms with Gasteiger partial charge < -0.3 is 9.47 Å². The van der Waals surface area contributed by atoms with E-state index < -0.39 is 0 Å². The molecule has 0 radical (unpaired) electrons. The molecule has 0 aliphatic heterocycles. The second kappa shape index (κ2) is 8.39. The van der Waals surface area contributed by atoms with Crippen molar-refractivity contribution in [2.75, 3.05) is 13.7 Å². The molecule has 3 aromatic rings. The Bertz CT molecular complexity index is 1180. The molecule has 0 saturated carbocycles. The summed E-state index contributed by atoms with van der Waals surface area (Å²) in [4.78, 5) is 16.9. The van der Waals surface area contributed by atoms with Crippen LogP contribution in [0.2, 0.25) is 5.02 Å². The zero-order chi connectivity index (χ0) is 20.3. The first-order valence-electron chi connectivity index (χ1n) is 8.25. The van der Waals surface area contributed by atoms with Gasteiger partial charge in [-0.25, -0.2) is 4.98 Å². The molecule has 0 aliphatic rings. The van der Waals surface area contributed by atoms with Crippen molar-refractivity contribution < 1.29 is 9.47 Å². The number of hydrogen-bond acceptors (Lipinski definition) is 4. The standard InChI is InChI=1S/C21H16Cl2N2O3/c1-4-8-28-21-16(23)10-14(11-18(21)27-3)9-15(22)17-12-20(26)25-13(2)6-5-7-19(25)24-17/h1,5-7,9-12H,8H2,2-3H3/b15-9-. The summed E-state index contributed by atoms with van der Waals surface area (Å²) in [5, 5.41) is 0.615.